The van der Waals surface area contributed by atoms with Crippen LogP contribution in [0.2, 0.25) is 0 Å². The summed E-state index contributed by atoms with van der Waals surface area (Å²) in [6, 6.07) is 20.1. The van der Waals surface area contributed by atoms with Crippen molar-refractivity contribution in [1.82, 2.24) is 10.9 Å². The van der Waals surface area contributed by atoms with Crippen LogP contribution in [-0.4, -0.2) is 33.9 Å². The minimum Gasteiger partial charge on any atom is -0.495 e. The first-order chi connectivity index (χ1) is 16.3. The van der Waals surface area contributed by atoms with Gasteiger partial charge in [0.1, 0.15) is 17.6 Å². The van der Waals surface area contributed by atoms with Gasteiger partial charge in [0.25, 0.3) is 21.8 Å². The third-order valence-electron chi connectivity index (χ3n) is 4.44. The van der Waals surface area contributed by atoms with Crippen LogP contribution in [0.3, 0.4) is 0 Å². The second-order valence-corrected chi connectivity index (χ2v) is 8.41. The molecule has 0 atom stereocenters. The highest BCUT2D eigenvalue weighted by atomic mass is 32.2. The number of para-hydroxylation sites is 3. The molecule has 11 heteroatoms. The first-order valence-electron chi connectivity index (χ1n) is 9.81. The average molecular weight is 481 g/mol. The molecule has 0 aromatic heterocycles. The number of rotatable bonds is 8. The van der Waals surface area contributed by atoms with Gasteiger partial charge in [0, 0.05) is 5.56 Å². The topological polar surface area (TPSA) is 147 Å². The van der Waals surface area contributed by atoms with Crippen molar-refractivity contribution >= 4 is 27.5 Å². The number of nitrogens with one attached hydrogen (secondary N) is 3. The van der Waals surface area contributed by atoms with Crippen LogP contribution in [0.25, 0.3) is 0 Å². The molecule has 3 N–H and O–H groups in total. The number of sulfonamides is 1. The molecule has 10 nitrogen and oxygen atoms in total. The SMILES string of the molecule is COc1ccccc1NS(=O)(=O)c1cccc(C(=O)NNC(=O)COc2ccccc2C#N)c1. The zero-order valence-electron chi connectivity index (χ0n) is 17.9. The normalized spacial score (nSPS) is 10.5. The summed E-state index contributed by atoms with van der Waals surface area (Å²) in [5.74, 6) is -0.850. The number of benzene rings is 3. The fourth-order valence-corrected chi connectivity index (χ4v) is 3.92. The molecule has 2 amide bonds. The number of hydrogen-bond acceptors (Lipinski definition) is 7. The fraction of sp³-hybridized carbons (Fsp3) is 0.0870. The van der Waals surface area contributed by atoms with E-state index in [1.807, 2.05) is 6.07 Å². The van der Waals surface area contributed by atoms with E-state index in [1.165, 1.54) is 37.4 Å². The van der Waals surface area contributed by atoms with Crippen molar-refractivity contribution < 1.29 is 27.5 Å². The molecule has 0 aliphatic heterocycles. The van der Waals surface area contributed by atoms with E-state index < -0.39 is 28.4 Å². The summed E-state index contributed by atoms with van der Waals surface area (Å²) in [4.78, 5) is 24.2. The van der Waals surface area contributed by atoms with Crippen molar-refractivity contribution in [3.63, 3.8) is 0 Å². The maximum absolute atomic E-state index is 12.8. The second kappa shape index (κ2) is 10.8. The Bertz CT molecular complexity index is 1350. The van der Waals surface area contributed by atoms with Crippen LogP contribution >= 0.6 is 0 Å². The van der Waals surface area contributed by atoms with Crippen molar-refractivity contribution in [2.45, 2.75) is 4.90 Å². The molecule has 0 aliphatic rings. The van der Waals surface area contributed by atoms with Gasteiger partial charge in [-0.15, -0.1) is 0 Å². The van der Waals surface area contributed by atoms with E-state index in [1.54, 1.807) is 42.5 Å². The average Bonchev–Trinajstić information content (AvgIpc) is 2.86. The molecule has 174 valence electrons. The first-order valence-corrected chi connectivity index (χ1v) is 11.3. The number of nitrogens with zero attached hydrogens (tertiary/aromatic N) is 1. The number of hydrogen-bond donors (Lipinski definition) is 3. The van der Waals surface area contributed by atoms with Gasteiger partial charge >= 0.3 is 0 Å². The molecule has 0 saturated heterocycles. The van der Waals surface area contributed by atoms with Crippen molar-refractivity contribution in [2.24, 2.45) is 0 Å². The Morgan fingerprint density at radius 2 is 1.65 bits per heavy atom. The summed E-state index contributed by atoms with van der Waals surface area (Å²) in [7, 11) is -2.61. The van der Waals surface area contributed by atoms with Crippen LogP contribution < -0.4 is 25.0 Å². The van der Waals surface area contributed by atoms with Gasteiger partial charge in [-0.05, 0) is 42.5 Å². The van der Waals surface area contributed by atoms with Gasteiger partial charge in [-0.1, -0.05) is 30.3 Å². The molecular weight excluding hydrogens is 460 g/mol. The van der Waals surface area contributed by atoms with Crippen molar-refractivity contribution in [3.05, 3.63) is 83.9 Å². The number of ether oxygens (including phenoxy) is 2. The predicted octanol–water partition coefficient (Wildman–Crippen LogP) is 2.21. The Labute approximate surface area is 196 Å². The van der Waals surface area contributed by atoms with Gasteiger partial charge in [-0.2, -0.15) is 5.26 Å². The van der Waals surface area contributed by atoms with Crippen molar-refractivity contribution in [3.8, 4) is 17.6 Å². The van der Waals surface area contributed by atoms with Gasteiger partial charge in [0.05, 0.1) is 23.3 Å². The number of anilines is 1. The van der Waals surface area contributed by atoms with E-state index in [4.69, 9.17) is 14.7 Å². The molecule has 0 unspecified atom stereocenters. The smallest absolute Gasteiger partial charge is 0.276 e. The minimum absolute atomic E-state index is 0.000976. The van der Waals surface area contributed by atoms with Crippen LogP contribution in [0.5, 0.6) is 11.5 Å². The zero-order valence-corrected chi connectivity index (χ0v) is 18.8. The summed E-state index contributed by atoms with van der Waals surface area (Å²) >= 11 is 0. The van der Waals surface area contributed by atoms with E-state index in [9.17, 15) is 18.0 Å². The van der Waals surface area contributed by atoms with Gasteiger partial charge in [-0.3, -0.25) is 25.2 Å². The summed E-state index contributed by atoms with van der Waals surface area (Å²) in [5, 5.41) is 9.03. The largest absolute Gasteiger partial charge is 0.495 e. The number of amides is 2. The van der Waals surface area contributed by atoms with E-state index in [-0.39, 0.29) is 27.5 Å². The molecule has 0 radical (unpaired) electrons. The van der Waals surface area contributed by atoms with Gasteiger partial charge in [-0.25, -0.2) is 8.42 Å². The molecule has 0 heterocycles. The van der Waals surface area contributed by atoms with Crippen LogP contribution in [0.1, 0.15) is 15.9 Å². The number of carbonyl (C=O) groups excluding carboxylic acids is 2. The van der Waals surface area contributed by atoms with Crippen LogP contribution in [0.4, 0.5) is 5.69 Å². The molecule has 34 heavy (non-hydrogen) atoms. The lowest BCUT2D eigenvalue weighted by atomic mass is 10.2. The fourth-order valence-electron chi connectivity index (χ4n) is 2.80. The number of methoxy groups -OCH3 is 1. The lowest BCUT2D eigenvalue weighted by Crippen LogP contribution is -2.43. The maximum Gasteiger partial charge on any atom is 0.276 e. The van der Waals surface area contributed by atoms with Gasteiger partial charge < -0.3 is 9.47 Å². The Hall–Kier alpha value is -4.56. The molecule has 0 saturated carbocycles. The Kier molecular flexibility index (Phi) is 7.68. The van der Waals surface area contributed by atoms with E-state index in [2.05, 4.69) is 15.6 Å². The monoisotopic (exact) mass is 480 g/mol. The quantitative estimate of drug-likeness (QED) is 0.419. The summed E-state index contributed by atoms with van der Waals surface area (Å²) in [5.41, 5.74) is 4.87. The van der Waals surface area contributed by atoms with E-state index in [0.29, 0.717) is 5.75 Å². The maximum atomic E-state index is 12.8. The molecule has 0 aliphatic carbocycles. The van der Waals surface area contributed by atoms with Crippen molar-refractivity contribution in [1.29, 1.82) is 5.26 Å². The Morgan fingerprint density at radius 1 is 0.941 bits per heavy atom. The molecule has 3 aromatic rings. The number of nitriles is 1. The number of carbonyl (C=O) groups is 2. The molecule has 0 spiro atoms. The highest BCUT2D eigenvalue weighted by molar-refractivity contribution is 7.92. The zero-order chi connectivity index (χ0) is 24.6. The molecule has 0 fully saturated rings. The highest BCUT2D eigenvalue weighted by Crippen LogP contribution is 2.26. The third-order valence-corrected chi connectivity index (χ3v) is 5.80. The lowest BCUT2D eigenvalue weighted by molar-refractivity contribution is -0.123. The lowest BCUT2D eigenvalue weighted by Gasteiger charge is -2.13. The Morgan fingerprint density at radius 3 is 2.38 bits per heavy atom. The second-order valence-electron chi connectivity index (χ2n) is 6.73. The van der Waals surface area contributed by atoms with Crippen molar-refractivity contribution in [2.75, 3.05) is 18.4 Å². The first kappa shape index (κ1) is 24.1. The highest BCUT2D eigenvalue weighted by Gasteiger charge is 2.18. The van der Waals surface area contributed by atoms with E-state index in [0.717, 1.165) is 0 Å². The summed E-state index contributed by atoms with van der Waals surface area (Å²) < 4.78 is 38.4. The summed E-state index contributed by atoms with van der Waals surface area (Å²) in [6.07, 6.45) is 0. The van der Waals surface area contributed by atoms with Crippen LogP contribution in [0.15, 0.2) is 77.7 Å². The van der Waals surface area contributed by atoms with Gasteiger partial charge in [0.15, 0.2) is 6.61 Å². The molecule has 0 bridgehead atoms. The van der Waals surface area contributed by atoms with Gasteiger partial charge in [0.2, 0.25) is 0 Å². The minimum atomic E-state index is -4.02. The van der Waals surface area contributed by atoms with Crippen LogP contribution in [-0.2, 0) is 14.8 Å². The number of hydrazine groups is 1. The molecule has 3 rings (SSSR count). The van der Waals surface area contributed by atoms with E-state index >= 15 is 0 Å². The summed E-state index contributed by atoms with van der Waals surface area (Å²) in [6.45, 7) is -0.448. The van der Waals surface area contributed by atoms with Crippen LogP contribution in [0, 0.1) is 11.3 Å². The standard InChI is InChI=1S/C23H20N4O6S/c1-32-21-12-5-3-10-19(21)27-34(30,31)18-9-6-8-16(13-18)23(29)26-25-22(28)15-33-20-11-4-2-7-17(20)14-24/h2-13,27H,15H2,1H3,(H,25,28)(H,26,29). The molecule has 3 aromatic carbocycles. The third kappa shape index (κ3) is 6.02. The molecular formula is C23H20N4O6S. The predicted molar refractivity (Wildman–Crippen MR) is 123 cm³/mol. The Balaban J connectivity index is 1.62.